The fourth-order valence-corrected chi connectivity index (χ4v) is 5.93. The number of carbonyl (C=O) groups excluding carboxylic acids is 2. The van der Waals surface area contributed by atoms with Crippen LogP contribution in [0.15, 0.2) is 48.5 Å². The van der Waals surface area contributed by atoms with Crippen LogP contribution in [0.2, 0.25) is 10.0 Å². The molecule has 0 aromatic heterocycles. The van der Waals surface area contributed by atoms with Crippen LogP contribution in [0.25, 0.3) is 0 Å². The number of anilines is 1. The molecule has 202 valence electrons. The molecule has 7 nitrogen and oxygen atoms in total. The van der Waals surface area contributed by atoms with E-state index in [9.17, 15) is 18.0 Å². The molecule has 37 heavy (non-hydrogen) atoms. The molecule has 2 aromatic carbocycles. The molecule has 0 spiro atoms. The third-order valence-electron chi connectivity index (χ3n) is 6.67. The quantitative estimate of drug-likeness (QED) is 0.393. The summed E-state index contributed by atoms with van der Waals surface area (Å²) in [6.07, 6.45) is 6.71. The van der Waals surface area contributed by atoms with E-state index in [4.69, 9.17) is 23.2 Å². The van der Waals surface area contributed by atoms with Gasteiger partial charge in [-0.15, -0.1) is 0 Å². The zero-order chi connectivity index (χ0) is 27.0. The molecule has 1 saturated carbocycles. The average molecular weight is 569 g/mol. The second kappa shape index (κ2) is 13.5. The van der Waals surface area contributed by atoms with Crippen molar-refractivity contribution in [3.63, 3.8) is 0 Å². The van der Waals surface area contributed by atoms with Crippen LogP contribution >= 0.6 is 23.2 Å². The molecule has 10 heteroatoms. The minimum absolute atomic E-state index is 0.0675. The van der Waals surface area contributed by atoms with Crippen molar-refractivity contribution in [3.05, 3.63) is 64.1 Å². The normalized spacial score (nSPS) is 15.1. The average Bonchev–Trinajstić information content (AvgIpc) is 2.85. The summed E-state index contributed by atoms with van der Waals surface area (Å²) in [5.74, 6) is -0.435. The third kappa shape index (κ3) is 8.62. The Kier molecular flexibility index (Phi) is 10.7. The summed E-state index contributed by atoms with van der Waals surface area (Å²) in [4.78, 5) is 28.1. The summed E-state index contributed by atoms with van der Waals surface area (Å²) in [5, 5.41) is 4.05. The Morgan fingerprint density at radius 1 is 1.05 bits per heavy atom. The first kappa shape index (κ1) is 29.3. The molecule has 0 saturated heterocycles. The van der Waals surface area contributed by atoms with Crippen molar-refractivity contribution < 1.29 is 18.0 Å². The Morgan fingerprint density at radius 3 is 2.41 bits per heavy atom. The number of halogens is 2. The first-order chi connectivity index (χ1) is 17.6. The van der Waals surface area contributed by atoms with Gasteiger partial charge in [-0.2, -0.15) is 0 Å². The second-order valence-corrected chi connectivity index (χ2v) is 12.3. The third-order valence-corrected chi connectivity index (χ3v) is 8.46. The van der Waals surface area contributed by atoms with E-state index in [-0.39, 0.29) is 43.8 Å². The van der Waals surface area contributed by atoms with Crippen LogP contribution in [0.5, 0.6) is 0 Å². The summed E-state index contributed by atoms with van der Waals surface area (Å²) in [7, 11) is -3.59. The maximum atomic E-state index is 13.4. The van der Waals surface area contributed by atoms with Gasteiger partial charge in [-0.05, 0) is 56.0 Å². The van der Waals surface area contributed by atoms with Crippen molar-refractivity contribution in [2.24, 2.45) is 0 Å². The highest BCUT2D eigenvalue weighted by atomic mass is 35.5. The smallest absolute Gasteiger partial charge is 0.242 e. The number of amides is 2. The number of hydrogen-bond acceptors (Lipinski definition) is 4. The highest BCUT2D eigenvalue weighted by molar-refractivity contribution is 7.92. The fraction of sp³-hybridized carbons (Fsp3) is 0.481. The molecule has 3 rings (SSSR count). The van der Waals surface area contributed by atoms with E-state index < -0.39 is 16.1 Å². The Labute approximate surface area is 230 Å². The zero-order valence-electron chi connectivity index (χ0n) is 21.3. The molecule has 0 unspecified atom stereocenters. The highest BCUT2D eigenvalue weighted by Gasteiger charge is 2.29. The van der Waals surface area contributed by atoms with Crippen LogP contribution in [0, 0.1) is 0 Å². The lowest BCUT2D eigenvalue weighted by Gasteiger charge is -2.31. The van der Waals surface area contributed by atoms with Crippen LogP contribution in [0.1, 0.15) is 57.4 Å². The number of nitrogens with one attached hydrogen (secondary N) is 1. The van der Waals surface area contributed by atoms with E-state index in [1.165, 1.54) is 15.6 Å². The summed E-state index contributed by atoms with van der Waals surface area (Å²) in [6, 6.07) is 13.2. The number of carbonyl (C=O) groups is 2. The Morgan fingerprint density at radius 2 is 1.76 bits per heavy atom. The van der Waals surface area contributed by atoms with Crippen LogP contribution in [-0.2, 0) is 26.2 Å². The van der Waals surface area contributed by atoms with Crippen molar-refractivity contribution in [1.82, 2.24) is 10.2 Å². The topological polar surface area (TPSA) is 86.8 Å². The molecule has 0 heterocycles. The number of hydrogen-bond donors (Lipinski definition) is 1. The lowest BCUT2D eigenvalue weighted by Crippen LogP contribution is -2.50. The van der Waals surface area contributed by atoms with Gasteiger partial charge >= 0.3 is 0 Å². The SMILES string of the molecule is C[C@@H](C(=O)NC1CCCCC1)N(Cc1ccccc1Cl)C(=O)CCCN(c1cccc(Cl)c1)S(C)(=O)=O. The van der Waals surface area contributed by atoms with Gasteiger partial charge in [-0.3, -0.25) is 13.9 Å². The van der Waals surface area contributed by atoms with E-state index >= 15 is 0 Å². The molecular formula is C27H35Cl2N3O4S. The lowest BCUT2D eigenvalue weighted by atomic mass is 9.95. The van der Waals surface area contributed by atoms with Crippen LogP contribution < -0.4 is 9.62 Å². The van der Waals surface area contributed by atoms with Crippen molar-refractivity contribution in [1.29, 1.82) is 0 Å². The Bertz CT molecular complexity index is 1190. The largest absolute Gasteiger partial charge is 0.352 e. The molecule has 1 fully saturated rings. The number of benzene rings is 2. The second-order valence-electron chi connectivity index (χ2n) is 9.55. The maximum Gasteiger partial charge on any atom is 0.242 e. The molecule has 2 aromatic rings. The van der Waals surface area contributed by atoms with Gasteiger partial charge in [0.15, 0.2) is 0 Å². The lowest BCUT2D eigenvalue weighted by molar-refractivity contribution is -0.141. The number of sulfonamides is 1. The van der Waals surface area contributed by atoms with Crippen molar-refractivity contribution in [2.75, 3.05) is 17.1 Å². The fourth-order valence-electron chi connectivity index (χ4n) is 4.60. The molecule has 1 aliphatic carbocycles. The Balaban J connectivity index is 1.72. The van der Waals surface area contributed by atoms with Gasteiger partial charge in [0.25, 0.3) is 0 Å². The summed E-state index contributed by atoms with van der Waals surface area (Å²) < 4.78 is 26.1. The van der Waals surface area contributed by atoms with Crippen molar-refractivity contribution in [3.8, 4) is 0 Å². The molecule has 0 bridgehead atoms. The van der Waals surface area contributed by atoms with Crippen LogP contribution in [0.4, 0.5) is 5.69 Å². The number of nitrogens with zero attached hydrogens (tertiary/aromatic N) is 2. The van der Waals surface area contributed by atoms with Gasteiger partial charge in [0.1, 0.15) is 6.04 Å². The number of rotatable bonds is 11. The summed E-state index contributed by atoms with van der Waals surface area (Å²) in [5.41, 5.74) is 1.18. The van der Waals surface area contributed by atoms with Gasteiger partial charge in [0, 0.05) is 35.6 Å². The van der Waals surface area contributed by atoms with E-state index in [0.29, 0.717) is 15.7 Å². The summed E-state index contributed by atoms with van der Waals surface area (Å²) >= 11 is 12.4. The van der Waals surface area contributed by atoms with Crippen molar-refractivity contribution in [2.45, 2.75) is 70.5 Å². The maximum absolute atomic E-state index is 13.4. The van der Waals surface area contributed by atoms with E-state index in [0.717, 1.165) is 37.5 Å². The van der Waals surface area contributed by atoms with Gasteiger partial charge in [0.2, 0.25) is 21.8 Å². The van der Waals surface area contributed by atoms with Crippen LogP contribution in [-0.4, -0.2) is 50.0 Å². The predicted molar refractivity (Wildman–Crippen MR) is 149 cm³/mol. The standard InChI is InChI=1S/C27H35Cl2N3O4S/c1-20(27(34)30-23-12-4-3-5-13-23)31(19-21-10-6-7-15-25(21)29)26(33)16-9-17-32(37(2,35)36)24-14-8-11-22(28)18-24/h6-8,10-11,14-15,18,20,23H,3-5,9,12-13,16-17,19H2,1-2H3,(H,30,34)/t20-/m0/s1. The highest BCUT2D eigenvalue weighted by Crippen LogP contribution is 2.24. The minimum atomic E-state index is -3.59. The molecule has 1 N–H and O–H groups in total. The van der Waals surface area contributed by atoms with Gasteiger partial charge in [-0.25, -0.2) is 8.42 Å². The monoisotopic (exact) mass is 567 g/mol. The summed E-state index contributed by atoms with van der Waals surface area (Å²) in [6.45, 7) is 2.01. The molecule has 1 aliphatic rings. The van der Waals surface area contributed by atoms with E-state index in [2.05, 4.69) is 5.32 Å². The zero-order valence-corrected chi connectivity index (χ0v) is 23.7. The van der Waals surface area contributed by atoms with E-state index in [1.807, 2.05) is 18.2 Å². The first-order valence-electron chi connectivity index (χ1n) is 12.6. The predicted octanol–water partition coefficient (Wildman–Crippen LogP) is 5.41. The van der Waals surface area contributed by atoms with Gasteiger partial charge < -0.3 is 10.2 Å². The molecule has 1 atom stereocenters. The van der Waals surface area contributed by atoms with Crippen molar-refractivity contribution >= 4 is 50.7 Å². The molecule has 0 radical (unpaired) electrons. The first-order valence-corrected chi connectivity index (χ1v) is 15.2. The molecular weight excluding hydrogens is 533 g/mol. The molecule has 2 amide bonds. The van der Waals surface area contributed by atoms with Gasteiger partial charge in [-0.1, -0.05) is 66.7 Å². The Hall–Kier alpha value is -2.29. The van der Waals surface area contributed by atoms with Gasteiger partial charge in [0.05, 0.1) is 11.9 Å². The van der Waals surface area contributed by atoms with Crippen LogP contribution in [0.3, 0.4) is 0 Å². The van der Waals surface area contributed by atoms with E-state index in [1.54, 1.807) is 37.3 Å². The minimum Gasteiger partial charge on any atom is -0.352 e. The molecule has 0 aliphatic heterocycles.